The summed E-state index contributed by atoms with van der Waals surface area (Å²) < 4.78 is 1.69. The number of aromatic nitrogens is 2. The van der Waals surface area contributed by atoms with Gasteiger partial charge >= 0.3 is 5.97 Å². The zero-order valence-electron chi connectivity index (χ0n) is 8.51. The molecule has 84 valence electrons. The molecule has 2 aromatic rings. The molecule has 0 aliphatic rings. The molecule has 0 bridgehead atoms. The number of carboxylic acid groups (broad SMARTS) is 1. The van der Waals surface area contributed by atoms with Gasteiger partial charge in [0.2, 0.25) is 0 Å². The highest BCUT2D eigenvalue weighted by Gasteiger charge is 2.19. The Kier molecular flexibility index (Phi) is 2.57. The summed E-state index contributed by atoms with van der Waals surface area (Å²) in [6.45, 7) is 0. The number of aliphatic carboxylic acids is 1. The normalized spacial score (nSPS) is 12.9. The fraction of sp³-hybridized carbons (Fsp3) is 0.200. The molecule has 0 aliphatic carbocycles. The Morgan fingerprint density at radius 2 is 2.31 bits per heavy atom. The number of fused-ring (bicyclic) bond motifs is 1. The Labute approximate surface area is 96.4 Å². The van der Waals surface area contributed by atoms with Crippen molar-refractivity contribution in [2.75, 3.05) is 0 Å². The second kappa shape index (κ2) is 3.77. The molecule has 2 aromatic heterocycles. The van der Waals surface area contributed by atoms with Gasteiger partial charge in [-0.1, -0.05) is 11.6 Å². The van der Waals surface area contributed by atoms with Crippen molar-refractivity contribution in [2.45, 2.75) is 6.04 Å². The van der Waals surface area contributed by atoms with Crippen molar-refractivity contribution in [1.82, 2.24) is 9.55 Å². The van der Waals surface area contributed by atoms with E-state index in [1.165, 1.54) is 6.20 Å². The van der Waals surface area contributed by atoms with E-state index in [4.69, 9.17) is 22.4 Å². The molecule has 0 saturated heterocycles. The lowest BCUT2D eigenvalue weighted by Crippen LogP contribution is -2.22. The van der Waals surface area contributed by atoms with Crippen molar-refractivity contribution >= 4 is 28.6 Å². The number of carboxylic acids is 1. The Morgan fingerprint density at radius 3 is 2.94 bits per heavy atom. The van der Waals surface area contributed by atoms with E-state index < -0.39 is 12.0 Å². The highest BCUT2D eigenvalue weighted by atomic mass is 35.5. The molecule has 1 unspecified atom stereocenters. The third-order valence-electron chi connectivity index (χ3n) is 2.48. The minimum absolute atomic E-state index is 0.497. The van der Waals surface area contributed by atoms with Crippen LogP contribution in [0.4, 0.5) is 0 Å². The molecule has 16 heavy (non-hydrogen) atoms. The highest BCUT2D eigenvalue weighted by molar-refractivity contribution is 6.31. The summed E-state index contributed by atoms with van der Waals surface area (Å²) in [5.74, 6) is -1.07. The molecule has 6 heteroatoms. The first-order chi connectivity index (χ1) is 7.50. The van der Waals surface area contributed by atoms with Crippen LogP contribution in [-0.4, -0.2) is 20.6 Å². The van der Waals surface area contributed by atoms with Gasteiger partial charge in [0.1, 0.15) is 6.04 Å². The zero-order valence-corrected chi connectivity index (χ0v) is 9.27. The maximum atomic E-state index is 10.8. The summed E-state index contributed by atoms with van der Waals surface area (Å²) in [5, 5.41) is 9.36. The van der Waals surface area contributed by atoms with Gasteiger partial charge in [-0.15, -0.1) is 0 Å². The van der Waals surface area contributed by atoms with E-state index in [-0.39, 0.29) is 0 Å². The standard InChI is InChI=1S/C10H10ClN3O2/c1-14-7-2-5(11)4-13-6(7)3-8(14)9(12)10(15)16/h2-4,9H,12H2,1H3,(H,15,16). The third-order valence-corrected chi connectivity index (χ3v) is 2.69. The molecule has 1 atom stereocenters. The Bertz CT molecular complexity index is 564. The SMILES string of the molecule is Cn1c(C(N)C(=O)O)cc2ncc(Cl)cc21. The first-order valence-corrected chi connectivity index (χ1v) is 4.97. The molecular formula is C10H10ClN3O2. The largest absolute Gasteiger partial charge is 0.480 e. The fourth-order valence-electron chi connectivity index (χ4n) is 1.62. The van der Waals surface area contributed by atoms with E-state index in [2.05, 4.69) is 4.98 Å². The van der Waals surface area contributed by atoms with Crippen LogP contribution < -0.4 is 5.73 Å². The van der Waals surface area contributed by atoms with Crippen LogP contribution in [0.3, 0.4) is 0 Å². The average molecular weight is 240 g/mol. The van der Waals surface area contributed by atoms with Crippen molar-refractivity contribution < 1.29 is 9.90 Å². The molecule has 2 heterocycles. The number of hydrogen-bond acceptors (Lipinski definition) is 3. The Morgan fingerprint density at radius 1 is 1.62 bits per heavy atom. The lowest BCUT2D eigenvalue weighted by Gasteiger charge is -2.07. The van der Waals surface area contributed by atoms with Gasteiger partial charge in [0, 0.05) is 18.9 Å². The van der Waals surface area contributed by atoms with Gasteiger partial charge in [-0.3, -0.25) is 9.78 Å². The van der Waals surface area contributed by atoms with Gasteiger partial charge in [0.15, 0.2) is 0 Å². The van der Waals surface area contributed by atoms with E-state index in [1.54, 1.807) is 23.7 Å². The lowest BCUT2D eigenvalue weighted by molar-refractivity contribution is -0.138. The topological polar surface area (TPSA) is 81.1 Å². The summed E-state index contributed by atoms with van der Waals surface area (Å²) in [5.41, 5.74) is 7.50. The van der Waals surface area contributed by atoms with Crippen LogP contribution in [0, 0.1) is 0 Å². The average Bonchev–Trinajstić information content (AvgIpc) is 2.55. The minimum atomic E-state index is -1.07. The minimum Gasteiger partial charge on any atom is -0.480 e. The van der Waals surface area contributed by atoms with Gasteiger partial charge < -0.3 is 15.4 Å². The quantitative estimate of drug-likeness (QED) is 0.828. The molecule has 0 saturated carbocycles. The first-order valence-electron chi connectivity index (χ1n) is 4.60. The van der Waals surface area contributed by atoms with Gasteiger partial charge in [-0.2, -0.15) is 0 Å². The summed E-state index contributed by atoms with van der Waals surface area (Å²) >= 11 is 5.82. The number of hydrogen-bond donors (Lipinski definition) is 2. The van der Waals surface area contributed by atoms with Crippen LogP contribution in [0.1, 0.15) is 11.7 Å². The summed E-state index contributed by atoms with van der Waals surface area (Å²) in [7, 11) is 1.73. The van der Waals surface area contributed by atoms with E-state index in [0.717, 1.165) is 5.52 Å². The van der Waals surface area contributed by atoms with Crippen LogP contribution in [0.15, 0.2) is 18.3 Å². The van der Waals surface area contributed by atoms with Crippen molar-refractivity contribution in [1.29, 1.82) is 0 Å². The lowest BCUT2D eigenvalue weighted by atomic mass is 10.2. The molecule has 2 rings (SSSR count). The van der Waals surface area contributed by atoms with E-state index in [0.29, 0.717) is 16.2 Å². The van der Waals surface area contributed by atoms with E-state index >= 15 is 0 Å². The van der Waals surface area contributed by atoms with Crippen LogP contribution in [0.2, 0.25) is 5.02 Å². The van der Waals surface area contributed by atoms with Gasteiger partial charge in [-0.05, 0) is 12.1 Å². The number of pyridine rings is 1. The molecule has 0 radical (unpaired) electrons. The molecule has 0 spiro atoms. The number of aryl methyl sites for hydroxylation is 1. The molecular weight excluding hydrogens is 230 g/mol. The molecule has 0 amide bonds. The van der Waals surface area contributed by atoms with Gasteiger partial charge in [-0.25, -0.2) is 0 Å². The smallest absolute Gasteiger partial charge is 0.326 e. The van der Waals surface area contributed by atoms with Crippen LogP contribution in [0.25, 0.3) is 11.0 Å². The van der Waals surface area contributed by atoms with Crippen molar-refractivity contribution in [3.63, 3.8) is 0 Å². The van der Waals surface area contributed by atoms with E-state index in [9.17, 15) is 4.79 Å². The van der Waals surface area contributed by atoms with Gasteiger partial charge in [0.05, 0.1) is 16.1 Å². The maximum Gasteiger partial charge on any atom is 0.326 e. The van der Waals surface area contributed by atoms with Crippen molar-refractivity contribution in [3.05, 3.63) is 29.0 Å². The molecule has 0 aromatic carbocycles. The number of carbonyl (C=O) groups is 1. The first kappa shape index (κ1) is 10.9. The monoisotopic (exact) mass is 239 g/mol. The predicted octanol–water partition coefficient (Wildman–Crippen LogP) is 1.31. The van der Waals surface area contributed by atoms with Gasteiger partial charge in [0.25, 0.3) is 0 Å². The summed E-state index contributed by atoms with van der Waals surface area (Å²) in [6, 6.07) is 2.32. The predicted molar refractivity (Wildman–Crippen MR) is 60.3 cm³/mol. The Balaban J connectivity index is 2.64. The summed E-state index contributed by atoms with van der Waals surface area (Å²) in [4.78, 5) is 14.9. The molecule has 5 nitrogen and oxygen atoms in total. The molecule has 3 N–H and O–H groups in total. The van der Waals surface area contributed by atoms with E-state index in [1.807, 2.05) is 0 Å². The van der Waals surface area contributed by atoms with Crippen LogP contribution in [-0.2, 0) is 11.8 Å². The van der Waals surface area contributed by atoms with Crippen molar-refractivity contribution in [2.24, 2.45) is 12.8 Å². The number of halogens is 1. The molecule has 0 fully saturated rings. The fourth-order valence-corrected chi connectivity index (χ4v) is 1.77. The zero-order chi connectivity index (χ0) is 11.9. The third kappa shape index (κ3) is 1.64. The number of rotatable bonds is 2. The maximum absolute atomic E-state index is 10.8. The highest BCUT2D eigenvalue weighted by Crippen LogP contribution is 2.23. The second-order valence-corrected chi connectivity index (χ2v) is 3.94. The summed E-state index contributed by atoms with van der Waals surface area (Å²) in [6.07, 6.45) is 1.51. The Hall–Kier alpha value is -1.59. The van der Waals surface area contributed by atoms with Crippen LogP contribution >= 0.6 is 11.6 Å². The van der Waals surface area contributed by atoms with Crippen LogP contribution in [0.5, 0.6) is 0 Å². The number of nitrogens with two attached hydrogens (primary N) is 1. The van der Waals surface area contributed by atoms with Crippen molar-refractivity contribution in [3.8, 4) is 0 Å². The molecule has 0 aliphatic heterocycles. The number of nitrogens with zero attached hydrogens (tertiary/aromatic N) is 2. The second-order valence-electron chi connectivity index (χ2n) is 3.50.